The Morgan fingerprint density at radius 1 is 1.07 bits per heavy atom. The predicted molar refractivity (Wildman–Crippen MR) is 111 cm³/mol. The van der Waals surface area contributed by atoms with Crippen molar-refractivity contribution in [3.05, 3.63) is 65.7 Å². The molecule has 29 heavy (non-hydrogen) atoms. The van der Waals surface area contributed by atoms with E-state index < -0.39 is 17.7 Å². The predicted octanol–water partition coefficient (Wildman–Crippen LogP) is 3.19. The summed E-state index contributed by atoms with van der Waals surface area (Å²) in [4.78, 5) is 26.3. The molecular weight excluding hydrogens is 368 g/mol. The van der Waals surface area contributed by atoms with Crippen molar-refractivity contribution in [2.75, 3.05) is 13.2 Å². The van der Waals surface area contributed by atoms with Gasteiger partial charge in [0.05, 0.1) is 6.54 Å². The van der Waals surface area contributed by atoms with Crippen molar-refractivity contribution in [2.24, 2.45) is 0 Å². The van der Waals surface area contributed by atoms with E-state index in [1.165, 1.54) is 5.56 Å². The van der Waals surface area contributed by atoms with Gasteiger partial charge in [-0.25, -0.2) is 4.79 Å². The second kappa shape index (κ2) is 7.87. The van der Waals surface area contributed by atoms with E-state index in [1.54, 1.807) is 19.1 Å². The molecule has 6 heteroatoms. The summed E-state index contributed by atoms with van der Waals surface area (Å²) >= 11 is 0. The Kier molecular flexibility index (Phi) is 5.66. The van der Waals surface area contributed by atoms with Gasteiger partial charge in [-0.1, -0.05) is 63.2 Å². The second-order valence-electron chi connectivity index (χ2n) is 8.58. The molecule has 1 fully saturated rings. The first-order chi connectivity index (χ1) is 13.6. The number of hydrogen-bond donors (Lipinski definition) is 2. The number of aliphatic hydroxyl groups is 1. The molecule has 0 bridgehead atoms. The molecule has 0 aliphatic carbocycles. The van der Waals surface area contributed by atoms with Crippen molar-refractivity contribution in [1.82, 2.24) is 10.2 Å². The molecule has 0 unspecified atom stereocenters. The molecule has 1 aliphatic rings. The quantitative estimate of drug-likeness (QED) is 0.735. The van der Waals surface area contributed by atoms with Gasteiger partial charge >= 0.3 is 6.03 Å². The van der Waals surface area contributed by atoms with Crippen LogP contribution in [-0.4, -0.2) is 41.2 Å². The van der Waals surface area contributed by atoms with Crippen LogP contribution in [0.3, 0.4) is 0 Å². The van der Waals surface area contributed by atoms with E-state index in [4.69, 9.17) is 4.74 Å². The molecule has 3 amide bonds. The normalized spacial score (nSPS) is 20.5. The molecule has 2 atom stereocenters. The summed E-state index contributed by atoms with van der Waals surface area (Å²) in [6.45, 7) is 7.92. The molecule has 0 radical (unpaired) electrons. The third-order valence-corrected chi connectivity index (χ3v) is 5.18. The molecule has 154 valence electrons. The van der Waals surface area contributed by atoms with Gasteiger partial charge in [-0.15, -0.1) is 0 Å². The summed E-state index contributed by atoms with van der Waals surface area (Å²) < 4.78 is 5.63. The molecule has 0 saturated carbocycles. The van der Waals surface area contributed by atoms with E-state index in [1.807, 2.05) is 42.5 Å². The number of rotatable bonds is 6. The summed E-state index contributed by atoms with van der Waals surface area (Å²) in [5, 5.41) is 13.1. The van der Waals surface area contributed by atoms with Gasteiger partial charge in [0.25, 0.3) is 5.91 Å². The molecule has 2 aromatic rings. The third kappa shape index (κ3) is 4.43. The minimum absolute atomic E-state index is 0.0199. The summed E-state index contributed by atoms with van der Waals surface area (Å²) in [6.07, 6.45) is -0.995. The van der Waals surface area contributed by atoms with E-state index in [9.17, 15) is 14.7 Å². The van der Waals surface area contributed by atoms with Gasteiger partial charge in [0, 0.05) is 0 Å². The van der Waals surface area contributed by atoms with Crippen molar-refractivity contribution in [1.29, 1.82) is 0 Å². The van der Waals surface area contributed by atoms with Crippen molar-refractivity contribution in [3.63, 3.8) is 0 Å². The number of carbonyl (C=O) groups is 2. The molecule has 3 rings (SSSR count). The summed E-state index contributed by atoms with van der Waals surface area (Å²) in [7, 11) is 0. The Labute approximate surface area is 171 Å². The fourth-order valence-electron chi connectivity index (χ4n) is 3.34. The number of benzene rings is 2. The van der Waals surface area contributed by atoms with Crippen molar-refractivity contribution < 1.29 is 19.4 Å². The highest BCUT2D eigenvalue weighted by Gasteiger charge is 2.49. The molecule has 0 spiro atoms. The summed E-state index contributed by atoms with van der Waals surface area (Å²) in [6, 6.07) is 16.2. The molecule has 2 aromatic carbocycles. The smallest absolute Gasteiger partial charge is 0.325 e. The first kappa shape index (κ1) is 20.9. The maximum absolute atomic E-state index is 12.9. The van der Waals surface area contributed by atoms with Crippen LogP contribution in [-0.2, 0) is 15.7 Å². The minimum atomic E-state index is -1.14. The van der Waals surface area contributed by atoms with Crippen molar-refractivity contribution in [3.8, 4) is 5.75 Å². The Morgan fingerprint density at radius 3 is 2.28 bits per heavy atom. The Hall–Kier alpha value is -2.86. The number of carbonyl (C=O) groups excluding carboxylic acids is 2. The number of ether oxygens (including phenoxy) is 1. The number of nitrogens with zero attached hydrogens (tertiary/aromatic N) is 1. The average molecular weight is 396 g/mol. The second-order valence-corrected chi connectivity index (χ2v) is 8.58. The number of urea groups is 1. The van der Waals surface area contributed by atoms with Gasteiger partial charge in [0.15, 0.2) is 0 Å². The average Bonchev–Trinajstić information content (AvgIpc) is 2.91. The third-order valence-electron chi connectivity index (χ3n) is 5.18. The molecule has 6 nitrogen and oxygen atoms in total. The lowest BCUT2D eigenvalue weighted by molar-refractivity contribution is -0.132. The first-order valence-corrected chi connectivity index (χ1v) is 9.72. The number of β-amino-alcohol motifs (C(OH)–C–C–N with tert-alkyl or cyclic N) is 1. The topological polar surface area (TPSA) is 78.9 Å². The molecule has 1 aliphatic heterocycles. The van der Waals surface area contributed by atoms with Crippen LogP contribution < -0.4 is 10.1 Å². The van der Waals surface area contributed by atoms with Crippen LogP contribution in [0.5, 0.6) is 5.75 Å². The highest BCUT2D eigenvalue weighted by Crippen LogP contribution is 2.29. The lowest BCUT2D eigenvalue weighted by Gasteiger charge is -2.23. The van der Waals surface area contributed by atoms with Gasteiger partial charge in [-0.2, -0.15) is 0 Å². The van der Waals surface area contributed by atoms with Gasteiger partial charge in [0.2, 0.25) is 0 Å². The van der Waals surface area contributed by atoms with E-state index in [-0.39, 0.29) is 24.5 Å². The van der Waals surface area contributed by atoms with Crippen LogP contribution in [0.1, 0.15) is 38.8 Å². The van der Waals surface area contributed by atoms with E-state index in [0.29, 0.717) is 11.3 Å². The van der Waals surface area contributed by atoms with E-state index >= 15 is 0 Å². The summed E-state index contributed by atoms with van der Waals surface area (Å²) in [5.74, 6) is 0.241. The zero-order chi connectivity index (χ0) is 21.2. The minimum Gasteiger partial charge on any atom is -0.491 e. The van der Waals surface area contributed by atoms with E-state index in [2.05, 4.69) is 26.1 Å². The van der Waals surface area contributed by atoms with Crippen LogP contribution >= 0.6 is 0 Å². The molecule has 2 N–H and O–H groups in total. The van der Waals surface area contributed by atoms with Crippen LogP contribution in [0.25, 0.3) is 0 Å². The highest BCUT2D eigenvalue weighted by atomic mass is 16.5. The molecule has 0 aromatic heterocycles. The van der Waals surface area contributed by atoms with Crippen LogP contribution in [0.15, 0.2) is 54.6 Å². The van der Waals surface area contributed by atoms with Crippen LogP contribution in [0.2, 0.25) is 0 Å². The van der Waals surface area contributed by atoms with Crippen LogP contribution in [0, 0.1) is 0 Å². The van der Waals surface area contributed by atoms with Crippen LogP contribution in [0.4, 0.5) is 4.79 Å². The number of aliphatic hydroxyl groups excluding tert-OH is 1. The lowest BCUT2D eigenvalue weighted by Crippen LogP contribution is -2.42. The largest absolute Gasteiger partial charge is 0.491 e. The van der Waals surface area contributed by atoms with Gasteiger partial charge in [0.1, 0.15) is 24.0 Å². The molecule has 1 saturated heterocycles. The monoisotopic (exact) mass is 396 g/mol. The molecular formula is C23H28N2O4. The van der Waals surface area contributed by atoms with Gasteiger partial charge < -0.3 is 15.2 Å². The number of nitrogens with one attached hydrogen (secondary N) is 1. The molecule has 1 heterocycles. The number of imide groups is 1. The Balaban J connectivity index is 1.60. The number of hydrogen-bond acceptors (Lipinski definition) is 4. The fraction of sp³-hybridized carbons (Fsp3) is 0.391. The van der Waals surface area contributed by atoms with Gasteiger partial charge in [-0.05, 0) is 35.6 Å². The zero-order valence-electron chi connectivity index (χ0n) is 17.3. The van der Waals surface area contributed by atoms with Crippen molar-refractivity contribution >= 4 is 11.9 Å². The highest BCUT2D eigenvalue weighted by molar-refractivity contribution is 6.07. The maximum atomic E-state index is 12.9. The first-order valence-electron chi connectivity index (χ1n) is 9.72. The van der Waals surface area contributed by atoms with E-state index in [0.717, 1.165) is 4.90 Å². The number of amides is 3. The Morgan fingerprint density at radius 2 is 1.69 bits per heavy atom. The summed E-state index contributed by atoms with van der Waals surface area (Å²) in [5.41, 5.74) is 0.796. The SMILES string of the molecule is CC(C)(C)c1ccc(OC[C@H](O)CN2C(=O)N[C@](C)(c3ccccc3)C2=O)cc1. The lowest BCUT2D eigenvalue weighted by atomic mass is 9.87. The fourth-order valence-corrected chi connectivity index (χ4v) is 3.34. The standard InChI is InChI=1S/C23H28N2O4/c1-22(2,3)16-10-12-19(13-11-16)29-15-18(26)14-25-20(27)23(4,24-21(25)28)17-8-6-5-7-9-17/h5-13,18,26H,14-15H2,1-4H3,(H,24,28)/t18-,23-/m1/s1. The zero-order valence-corrected chi connectivity index (χ0v) is 17.3. The maximum Gasteiger partial charge on any atom is 0.325 e. The Bertz CT molecular complexity index is 874. The van der Waals surface area contributed by atoms with Gasteiger partial charge in [-0.3, -0.25) is 9.69 Å². The van der Waals surface area contributed by atoms with Crippen molar-refractivity contribution in [2.45, 2.75) is 44.8 Å².